The van der Waals surface area contributed by atoms with Gasteiger partial charge in [0, 0.05) is 19.1 Å². The fourth-order valence-corrected chi connectivity index (χ4v) is 3.53. The minimum absolute atomic E-state index is 0.0598. The maximum absolute atomic E-state index is 12.3. The van der Waals surface area contributed by atoms with Gasteiger partial charge < -0.3 is 9.16 Å². The summed E-state index contributed by atoms with van der Waals surface area (Å²) in [7, 11) is -1.74. The Hall–Kier alpha value is -0.883. The number of carbonyl (C=O) groups is 2. The van der Waals surface area contributed by atoms with E-state index in [1.54, 1.807) is 0 Å². The minimum atomic E-state index is -1.74. The average molecular weight is 358 g/mol. The molecule has 0 saturated carbocycles. The number of rotatable bonds is 5. The molecule has 0 aromatic carbocycles. The van der Waals surface area contributed by atoms with E-state index >= 15 is 0 Å². The van der Waals surface area contributed by atoms with Crippen LogP contribution in [0.3, 0.4) is 0 Å². The summed E-state index contributed by atoms with van der Waals surface area (Å²) >= 11 is 0. The Morgan fingerprint density at radius 2 is 1.79 bits per heavy atom. The lowest BCUT2D eigenvalue weighted by Crippen LogP contribution is -2.43. The Morgan fingerprint density at radius 3 is 2.29 bits per heavy atom. The standard InChI is InChI=1S/C18H35NO4Si/c1-17(2,3)23-16(21)19-14(11-12-15(19)20)10-9-13-22-24(7,8)18(4,5)6/h14H,9-13H2,1-8H3. The second-order valence-electron chi connectivity index (χ2n) is 9.19. The van der Waals surface area contributed by atoms with Gasteiger partial charge in [-0.25, -0.2) is 9.69 Å². The van der Waals surface area contributed by atoms with E-state index < -0.39 is 20.0 Å². The van der Waals surface area contributed by atoms with Crippen molar-refractivity contribution in [2.24, 2.45) is 0 Å². The largest absolute Gasteiger partial charge is 0.443 e. The van der Waals surface area contributed by atoms with Gasteiger partial charge >= 0.3 is 6.09 Å². The van der Waals surface area contributed by atoms with Crippen LogP contribution in [-0.4, -0.2) is 43.5 Å². The third-order valence-electron chi connectivity index (χ3n) is 4.87. The van der Waals surface area contributed by atoms with Crippen LogP contribution in [0.2, 0.25) is 18.1 Å². The van der Waals surface area contributed by atoms with Crippen LogP contribution in [0.5, 0.6) is 0 Å². The van der Waals surface area contributed by atoms with Crippen molar-refractivity contribution in [1.82, 2.24) is 4.90 Å². The molecule has 2 amide bonds. The second kappa shape index (κ2) is 7.56. The SMILES string of the molecule is CC(C)(C)OC(=O)N1C(=O)CCC1CCCO[Si](C)(C)C(C)(C)C. The molecular weight excluding hydrogens is 322 g/mol. The van der Waals surface area contributed by atoms with Crippen molar-refractivity contribution < 1.29 is 18.8 Å². The monoisotopic (exact) mass is 357 g/mol. The Morgan fingerprint density at radius 1 is 1.21 bits per heavy atom. The number of hydrogen-bond acceptors (Lipinski definition) is 4. The fraction of sp³-hybridized carbons (Fsp3) is 0.889. The molecule has 1 rings (SSSR count). The van der Waals surface area contributed by atoms with Crippen molar-refractivity contribution >= 4 is 20.3 Å². The molecule has 0 N–H and O–H groups in total. The van der Waals surface area contributed by atoms with Gasteiger partial charge in [0.25, 0.3) is 0 Å². The second-order valence-corrected chi connectivity index (χ2v) is 14.0. The van der Waals surface area contributed by atoms with Gasteiger partial charge in [-0.05, 0) is 58.2 Å². The van der Waals surface area contributed by atoms with Crippen molar-refractivity contribution in [3.05, 3.63) is 0 Å². The number of amides is 2. The summed E-state index contributed by atoms with van der Waals surface area (Å²) in [6.07, 6.45) is 2.26. The van der Waals surface area contributed by atoms with Crippen molar-refractivity contribution in [2.45, 2.75) is 97.0 Å². The van der Waals surface area contributed by atoms with Crippen LogP contribution < -0.4 is 0 Å². The Bertz CT molecular complexity index is 463. The summed E-state index contributed by atoms with van der Waals surface area (Å²) < 4.78 is 11.5. The van der Waals surface area contributed by atoms with Gasteiger partial charge in [-0.2, -0.15) is 0 Å². The zero-order chi connectivity index (χ0) is 18.8. The highest BCUT2D eigenvalue weighted by molar-refractivity contribution is 6.74. The number of ether oxygens (including phenoxy) is 1. The molecule has 24 heavy (non-hydrogen) atoms. The number of likely N-dealkylation sites (tertiary alicyclic amines) is 1. The molecule has 1 fully saturated rings. The van der Waals surface area contributed by atoms with Crippen LogP contribution in [0.4, 0.5) is 4.79 Å². The zero-order valence-electron chi connectivity index (χ0n) is 16.7. The molecular formula is C18H35NO4Si. The first kappa shape index (κ1) is 21.2. The van der Waals surface area contributed by atoms with Gasteiger partial charge in [0.2, 0.25) is 5.91 Å². The molecule has 0 spiro atoms. The van der Waals surface area contributed by atoms with E-state index in [9.17, 15) is 9.59 Å². The third-order valence-corrected chi connectivity index (χ3v) is 9.40. The van der Waals surface area contributed by atoms with Gasteiger partial charge in [0.15, 0.2) is 8.32 Å². The summed E-state index contributed by atoms with van der Waals surface area (Å²) in [4.78, 5) is 25.6. The normalized spacial score (nSPS) is 19.8. The molecule has 1 unspecified atom stereocenters. The molecule has 1 saturated heterocycles. The van der Waals surface area contributed by atoms with Crippen molar-refractivity contribution in [3.63, 3.8) is 0 Å². The van der Waals surface area contributed by atoms with Gasteiger partial charge in [0.1, 0.15) is 5.60 Å². The molecule has 0 aromatic rings. The zero-order valence-corrected chi connectivity index (χ0v) is 17.7. The molecule has 1 heterocycles. The van der Waals surface area contributed by atoms with Crippen LogP contribution in [0.15, 0.2) is 0 Å². The number of imide groups is 1. The first-order chi connectivity index (χ1) is 10.7. The van der Waals surface area contributed by atoms with Gasteiger partial charge in [0.05, 0.1) is 0 Å². The highest BCUT2D eigenvalue weighted by Crippen LogP contribution is 2.36. The van der Waals surface area contributed by atoms with Crippen molar-refractivity contribution in [2.75, 3.05) is 6.61 Å². The summed E-state index contributed by atoms with van der Waals surface area (Å²) in [6.45, 7) is 17.3. The smallest absolute Gasteiger partial charge is 0.417 e. The highest BCUT2D eigenvalue weighted by Gasteiger charge is 2.39. The molecule has 140 valence electrons. The Balaban J connectivity index is 2.52. The predicted molar refractivity (Wildman–Crippen MR) is 98.5 cm³/mol. The maximum atomic E-state index is 12.3. The first-order valence-electron chi connectivity index (χ1n) is 8.93. The topological polar surface area (TPSA) is 55.8 Å². The summed E-state index contributed by atoms with van der Waals surface area (Å²) in [6, 6.07) is -0.0598. The van der Waals surface area contributed by atoms with Crippen molar-refractivity contribution in [1.29, 1.82) is 0 Å². The molecule has 1 aliphatic heterocycles. The van der Waals surface area contributed by atoms with E-state index in [1.807, 2.05) is 20.8 Å². The van der Waals surface area contributed by atoms with E-state index in [2.05, 4.69) is 33.9 Å². The fourth-order valence-electron chi connectivity index (χ4n) is 2.44. The molecule has 0 radical (unpaired) electrons. The van der Waals surface area contributed by atoms with Crippen LogP contribution in [0.1, 0.15) is 67.2 Å². The van der Waals surface area contributed by atoms with Gasteiger partial charge in [-0.1, -0.05) is 20.8 Å². The van der Waals surface area contributed by atoms with E-state index in [1.165, 1.54) is 4.90 Å². The third kappa shape index (κ3) is 5.88. The lowest BCUT2D eigenvalue weighted by atomic mass is 10.1. The van der Waals surface area contributed by atoms with E-state index in [-0.39, 0.29) is 17.0 Å². The molecule has 1 aliphatic rings. The van der Waals surface area contributed by atoms with Crippen LogP contribution >= 0.6 is 0 Å². The predicted octanol–water partition coefficient (Wildman–Crippen LogP) is 4.71. The van der Waals surface area contributed by atoms with E-state index in [0.29, 0.717) is 13.0 Å². The summed E-state index contributed by atoms with van der Waals surface area (Å²) in [5.74, 6) is -0.125. The maximum Gasteiger partial charge on any atom is 0.417 e. The number of nitrogens with zero attached hydrogens (tertiary/aromatic N) is 1. The number of carbonyl (C=O) groups excluding carboxylic acids is 2. The van der Waals surface area contributed by atoms with Crippen LogP contribution in [0, 0.1) is 0 Å². The molecule has 5 nitrogen and oxygen atoms in total. The quantitative estimate of drug-likeness (QED) is 0.528. The van der Waals surface area contributed by atoms with E-state index in [4.69, 9.17) is 9.16 Å². The average Bonchev–Trinajstić information content (AvgIpc) is 2.72. The van der Waals surface area contributed by atoms with Gasteiger partial charge in [-0.15, -0.1) is 0 Å². The van der Waals surface area contributed by atoms with Gasteiger partial charge in [-0.3, -0.25) is 4.79 Å². The molecule has 0 aliphatic carbocycles. The lowest BCUT2D eigenvalue weighted by molar-refractivity contribution is -0.128. The summed E-state index contributed by atoms with van der Waals surface area (Å²) in [5, 5.41) is 0.193. The first-order valence-corrected chi connectivity index (χ1v) is 11.8. The molecule has 6 heteroatoms. The van der Waals surface area contributed by atoms with Crippen LogP contribution in [0.25, 0.3) is 0 Å². The van der Waals surface area contributed by atoms with Crippen molar-refractivity contribution in [3.8, 4) is 0 Å². The molecule has 0 bridgehead atoms. The van der Waals surface area contributed by atoms with E-state index in [0.717, 1.165) is 19.3 Å². The molecule has 1 atom stereocenters. The highest BCUT2D eigenvalue weighted by atomic mass is 28.4. The summed E-state index contributed by atoms with van der Waals surface area (Å²) in [5.41, 5.74) is -0.587. The lowest BCUT2D eigenvalue weighted by Gasteiger charge is -2.36. The minimum Gasteiger partial charge on any atom is -0.443 e. The molecule has 0 aromatic heterocycles. The number of hydrogen-bond donors (Lipinski definition) is 0. The Kier molecular flexibility index (Phi) is 6.67. The Labute approximate surface area is 148 Å². The van der Waals surface area contributed by atoms with Crippen LogP contribution in [-0.2, 0) is 14.0 Å².